The maximum atomic E-state index is 11.9. The van der Waals surface area contributed by atoms with Gasteiger partial charge in [0.25, 0.3) is 0 Å². The number of benzene rings is 1. The normalized spacial score (nSPS) is 12.2. The molecule has 0 fully saturated rings. The number of furan rings is 1. The van der Waals surface area contributed by atoms with E-state index in [-0.39, 0.29) is 11.5 Å². The average molecular weight is 213 g/mol. The number of fused-ring (bicyclic) bond motifs is 1. The Morgan fingerprint density at radius 1 is 1.50 bits per heavy atom. The fourth-order valence-electron chi connectivity index (χ4n) is 1.61. The van der Waals surface area contributed by atoms with Crippen LogP contribution in [0.3, 0.4) is 0 Å². The van der Waals surface area contributed by atoms with E-state index in [2.05, 4.69) is 0 Å². The molecule has 1 aromatic carbocycles. The summed E-state index contributed by atoms with van der Waals surface area (Å²) in [5.41, 5.74) is 0.679. The first-order valence-electron chi connectivity index (χ1n) is 5.18. The average Bonchev–Trinajstić information content (AvgIpc) is 2.74. The van der Waals surface area contributed by atoms with E-state index in [4.69, 9.17) is 9.68 Å². The minimum Gasteiger partial charge on any atom is -0.453 e. The van der Waals surface area contributed by atoms with Gasteiger partial charge in [-0.05, 0) is 18.6 Å². The molecular weight excluding hydrogens is 202 g/mol. The Morgan fingerprint density at radius 3 is 2.88 bits per heavy atom. The quantitative estimate of drug-likeness (QED) is 0.736. The van der Waals surface area contributed by atoms with Gasteiger partial charge in [-0.15, -0.1) is 0 Å². The van der Waals surface area contributed by atoms with Crippen molar-refractivity contribution < 1.29 is 9.21 Å². The van der Waals surface area contributed by atoms with E-state index in [0.717, 1.165) is 5.39 Å². The summed E-state index contributed by atoms with van der Waals surface area (Å²) in [4.78, 5) is 11.9. The van der Waals surface area contributed by atoms with Crippen molar-refractivity contribution in [3.05, 3.63) is 36.1 Å². The van der Waals surface area contributed by atoms with Gasteiger partial charge in [0, 0.05) is 5.39 Å². The van der Waals surface area contributed by atoms with Crippen LogP contribution in [-0.2, 0) is 0 Å². The van der Waals surface area contributed by atoms with Gasteiger partial charge in [0.2, 0.25) is 5.78 Å². The van der Waals surface area contributed by atoms with Crippen LogP contribution in [0.5, 0.6) is 0 Å². The van der Waals surface area contributed by atoms with Crippen molar-refractivity contribution in [3.8, 4) is 6.07 Å². The highest BCUT2D eigenvalue weighted by molar-refractivity contribution is 6.00. The van der Waals surface area contributed by atoms with E-state index in [1.807, 2.05) is 31.2 Å². The number of carbonyl (C=O) groups excluding carboxylic acids is 1. The molecule has 2 rings (SSSR count). The minimum absolute atomic E-state index is 0.235. The molecule has 80 valence electrons. The van der Waals surface area contributed by atoms with Gasteiger partial charge in [0.05, 0.1) is 6.07 Å². The molecule has 0 spiro atoms. The number of Topliss-reactive ketones (excluding diaryl/α,β-unsaturated/α-hetero) is 1. The summed E-state index contributed by atoms with van der Waals surface area (Å²) in [6, 6.07) is 11.1. The smallest absolute Gasteiger partial charge is 0.215 e. The molecule has 0 radical (unpaired) electrons. The summed E-state index contributed by atoms with van der Waals surface area (Å²) < 4.78 is 5.41. The predicted molar refractivity (Wildman–Crippen MR) is 59.9 cm³/mol. The van der Waals surface area contributed by atoms with Gasteiger partial charge in [-0.3, -0.25) is 4.79 Å². The molecule has 0 saturated heterocycles. The third kappa shape index (κ3) is 1.70. The molecule has 1 atom stereocenters. The van der Waals surface area contributed by atoms with Crippen molar-refractivity contribution in [2.75, 3.05) is 0 Å². The van der Waals surface area contributed by atoms with Crippen LogP contribution in [0.4, 0.5) is 0 Å². The van der Waals surface area contributed by atoms with E-state index in [1.54, 1.807) is 12.1 Å². The Morgan fingerprint density at radius 2 is 2.25 bits per heavy atom. The number of nitriles is 1. The third-order valence-corrected chi connectivity index (χ3v) is 2.55. The van der Waals surface area contributed by atoms with Crippen LogP contribution in [0.15, 0.2) is 34.7 Å². The molecule has 0 bridgehead atoms. The van der Waals surface area contributed by atoms with E-state index >= 15 is 0 Å². The first kappa shape index (κ1) is 10.4. The van der Waals surface area contributed by atoms with E-state index in [1.165, 1.54) is 0 Å². The SMILES string of the molecule is CCC(C#N)C(=O)c1cc2ccccc2o1. The number of nitrogens with zero attached hydrogens (tertiary/aromatic N) is 1. The number of para-hydroxylation sites is 1. The lowest BCUT2D eigenvalue weighted by Crippen LogP contribution is -2.10. The maximum absolute atomic E-state index is 11.9. The second-order valence-corrected chi connectivity index (χ2v) is 3.60. The Kier molecular flexibility index (Phi) is 2.74. The molecule has 0 amide bonds. The fourth-order valence-corrected chi connectivity index (χ4v) is 1.61. The van der Waals surface area contributed by atoms with E-state index in [0.29, 0.717) is 12.0 Å². The molecule has 0 aliphatic rings. The number of ketones is 1. The Labute approximate surface area is 93.3 Å². The van der Waals surface area contributed by atoms with Gasteiger partial charge in [0.15, 0.2) is 5.76 Å². The molecule has 3 nitrogen and oxygen atoms in total. The Hall–Kier alpha value is -2.08. The molecule has 3 heteroatoms. The van der Waals surface area contributed by atoms with Crippen LogP contribution in [0.1, 0.15) is 23.9 Å². The molecule has 0 aliphatic carbocycles. The van der Waals surface area contributed by atoms with Gasteiger partial charge < -0.3 is 4.42 Å². The van der Waals surface area contributed by atoms with Gasteiger partial charge in [-0.2, -0.15) is 5.26 Å². The lowest BCUT2D eigenvalue weighted by atomic mass is 10.0. The highest BCUT2D eigenvalue weighted by Crippen LogP contribution is 2.21. The summed E-state index contributed by atoms with van der Waals surface area (Å²) in [6.07, 6.45) is 0.506. The summed E-state index contributed by atoms with van der Waals surface area (Å²) in [5.74, 6) is -0.573. The van der Waals surface area contributed by atoms with E-state index in [9.17, 15) is 4.79 Å². The Bertz CT molecular complexity index is 530. The van der Waals surface area contributed by atoms with Crippen LogP contribution in [0.2, 0.25) is 0 Å². The fraction of sp³-hybridized carbons (Fsp3) is 0.231. The number of hydrogen-bond donors (Lipinski definition) is 0. The minimum atomic E-state index is -0.611. The zero-order valence-electron chi connectivity index (χ0n) is 8.93. The largest absolute Gasteiger partial charge is 0.453 e. The third-order valence-electron chi connectivity index (χ3n) is 2.55. The predicted octanol–water partition coefficient (Wildman–Crippen LogP) is 3.17. The monoisotopic (exact) mass is 213 g/mol. The molecular formula is C13H11NO2. The number of carbonyl (C=O) groups is 1. The van der Waals surface area contributed by atoms with Crippen LogP contribution in [0.25, 0.3) is 11.0 Å². The molecule has 0 saturated carbocycles. The molecule has 1 heterocycles. The molecule has 1 unspecified atom stereocenters. The maximum Gasteiger partial charge on any atom is 0.215 e. The number of rotatable bonds is 3. The summed E-state index contributed by atoms with van der Waals surface area (Å²) in [6.45, 7) is 1.81. The molecule has 0 N–H and O–H groups in total. The van der Waals surface area contributed by atoms with Gasteiger partial charge >= 0.3 is 0 Å². The van der Waals surface area contributed by atoms with Crippen molar-refractivity contribution in [2.24, 2.45) is 5.92 Å². The van der Waals surface area contributed by atoms with Crippen LogP contribution in [-0.4, -0.2) is 5.78 Å². The first-order chi connectivity index (χ1) is 7.76. The van der Waals surface area contributed by atoms with Crippen LogP contribution >= 0.6 is 0 Å². The van der Waals surface area contributed by atoms with Gasteiger partial charge in [-0.1, -0.05) is 25.1 Å². The summed E-state index contributed by atoms with van der Waals surface area (Å²) >= 11 is 0. The summed E-state index contributed by atoms with van der Waals surface area (Å²) in [5, 5.41) is 9.71. The second-order valence-electron chi connectivity index (χ2n) is 3.60. The molecule has 0 aliphatic heterocycles. The van der Waals surface area contributed by atoms with Gasteiger partial charge in [-0.25, -0.2) is 0 Å². The standard InChI is InChI=1S/C13H11NO2/c1-2-9(8-14)13(15)12-7-10-5-3-4-6-11(10)16-12/h3-7,9H,2H2,1H3. The van der Waals surface area contributed by atoms with Crippen molar-refractivity contribution in [1.29, 1.82) is 5.26 Å². The van der Waals surface area contributed by atoms with Crippen molar-refractivity contribution in [2.45, 2.75) is 13.3 Å². The van der Waals surface area contributed by atoms with Crippen molar-refractivity contribution in [1.82, 2.24) is 0 Å². The van der Waals surface area contributed by atoms with Gasteiger partial charge in [0.1, 0.15) is 11.5 Å². The lowest BCUT2D eigenvalue weighted by molar-refractivity contribution is 0.0921. The van der Waals surface area contributed by atoms with Crippen LogP contribution < -0.4 is 0 Å². The van der Waals surface area contributed by atoms with Crippen LogP contribution in [0, 0.1) is 17.2 Å². The molecule has 1 aromatic heterocycles. The summed E-state index contributed by atoms with van der Waals surface area (Å²) in [7, 11) is 0. The van der Waals surface area contributed by atoms with Crippen molar-refractivity contribution >= 4 is 16.8 Å². The Balaban J connectivity index is 2.41. The lowest BCUT2D eigenvalue weighted by Gasteiger charge is -2.00. The van der Waals surface area contributed by atoms with E-state index < -0.39 is 5.92 Å². The zero-order chi connectivity index (χ0) is 11.5. The first-order valence-corrected chi connectivity index (χ1v) is 5.18. The molecule has 2 aromatic rings. The van der Waals surface area contributed by atoms with Crippen molar-refractivity contribution in [3.63, 3.8) is 0 Å². The number of hydrogen-bond acceptors (Lipinski definition) is 3. The zero-order valence-corrected chi connectivity index (χ0v) is 8.93. The highest BCUT2D eigenvalue weighted by atomic mass is 16.3. The highest BCUT2D eigenvalue weighted by Gasteiger charge is 2.21. The molecule has 16 heavy (non-hydrogen) atoms. The second kappa shape index (κ2) is 4.19. The topological polar surface area (TPSA) is 54.0 Å².